The van der Waals surface area contributed by atoms with Gasteiger partial charge in [-0.1, -0.05) is 60.7 Å². The summed E-state index contributed by atoms with van der Waals surface area (Å²) < 4.78 is 0. The molecule has 0 atom stereocenters. The van der Waals surface area contributed by atoms with Gasteiger partial charge in [0.2, 0.25) is 0 Å². The van der Waals surface area contributed by atoms with E-state index in [1.165, 1.54) is 0 Å². The fraction of sp³-hybridized carbons (Fsp3) is 0.185. The summed E-state index contributed by atoms with van der Waals surface area (Å²) in [6.45, 7) is 4.36. The van der Waals surface area contributed by atoms with Gasteiger partial charge in [0.25, 0.3) is 0 Å². The highest BCUT2D eigenvalue weighted by Crippen LogP contribution is 2.31. The van der Waals surface area contributed by atoms with Crippen LogP contribution in [-0.2, 0) is 10.3 Å². The molecule has 4 N–H and O–H groups in total. The molecule has 0 radical (unpaired) electrons. The molecule has 162 valence electrons. The van der Waals surface area contributed by atoms with Gasteiger partial charge >= 0.3 is 5.97 Å². The highest BCUT2D eigenvalue weighted by Gasteiger charge is 2.14. The fourth-order valence-corrected chi connectivity index (χ4v) is 3.71. The van der Waals surface area contributed by atoms with Crippen molar-refractivity contribution in [3.8, 4) is 22.4 Å². The summed E-state index contributed by atoms with van der Waals surface area (Å²) in [5.41, 5.74) is 12.8. The van der Waals surface area contributed by atoms with Crippen molar-refractivity contribution in [3.63, 3.8) is 0 Å². The van der Waals surface area contributed by atoms with Crippen LogP contribution in [0.4, 0.5) is 5.69 Å². The number of anilines is 1. The first-order chi connectivity index (χ1) is 15.3. The van der Waals surface area contributed by atoms with E-state index in [0.29, 0.717) is 6.54 Å². The van der Waals surface area contributed by atoms with E-state index in [1.807, 2.05) is 50.2 Å². The van der Waals surface area contributed by atoms with Gasteiger partial charge < -0.3 is 16.2 Å². The van der Waals surface area contributed by atoms with Crippen LogP contribution in [0.15, 0.2) is 78.9 Å². The Morgan fingerprint density at radius 2 is 1.66 bits per heavy atom. The predicted molar refractivity (Wildman–Crippen MR) is 131 cm³/mol. The molecule has 32 heavy (non-hydrogen) atoms. The lowest BCUT2D eigenvalue weighted by molar-refractivity contribution is -0.136. The summed E-state index contributed by atoms with van der Waals surface area (Å²) in [6, 6.07) is 26.5. The number of benzene rings is 3. The van der Waals surface area contributed by atoms with E-state index >= 15 is 0 Å². The van der Waals surface area contributed by atoms with E-state index in [0.717, 1.165) is 44.5 Å². The van der Waals surface area contributed by atoms with E-state index in [2.05, 4.69) is 47.8 Å². The zero-order chi connectivity index (χ0) is 22.7. The summed E-state index contributed by atoms with van der Waals surface area (Å²) in [4.78, 5) is 15.7. The van der Waals surface area contributed by atoms with Gasteiger partial charge in [0.1, 0.15) is 0 Å². The Hall–Kier alpha value is -3.70. The Labute approximate surface area is 187 Å². The number of carboxylic acids is 1. The lowest BCUT2D eigenvalue weighted by Crippen LogP contribution is -2.28. The van der Waals surface area contributed by atoms with Gasteiger partial charge in [-0.05, 0) is 48.7 Å². The van der Waals surface area contributed by atoms with Crippen molar-refractivity contribution in [2.45, 2.75) is 25.8 Å². The average molecular weight is 426 g/mol. The van der Waals surface area contributed by atoms with Crippen molar-refractivity contribution < 1.29 is 9.90 Å². The highest BCUT2D eigenvalue weighted by molar-refractivity contribution is 5.94. The van der Waals surface area contributed by atoms with Crippen LogP contribution in [0, 0.1) is 0 Å². The van der Waals surface area contributed by atoms with E-state index in [9.17, 15) is 4.79 Å². The smallest absolute Gasteiger partial charge is 0.305 e. The minimum atomic E-state index is -0.825. The number of aliphatic carboxylic acids is 1. The molecule has 0 aliphatic heterocycles. The minimum Gasteiger partial charge on any atom is -0.481 e. The van der Waals surface area contributed by atoms with Crippen LogP contribution < -0.4 is 11.1 Å². The number of hydrogen-bond acceptors (Lipinski definition) is 4. The van der Waals surface area contributed by atoms with Gasteiger partial charge in [0.15, 0.2) is 0 Å². The fourth-order valence-electron chi connectivity index (χ4n) is 3.71. The summed E-state index contributed by atoms with van der Waals surface area (Å²) in [5.74, 6) is -0.825. The van der Waals surface area contributed by atoms with Crippen molar-refractivity contribution in [1.29, 1.82) is 0 Å². The maximum Gasteiger partial charge on any atom is 0.305 e. The quantitative estimate of drug-likeness (QED) is 0.356. The Bertz CT molecular complexity index is 1260. The molecule has 1 aromatic heterocycles. The molecule has 4 rings (SSSR count). The Morgan fingerprint density at radius 3 is 2.38 bits per heavy atom. The SMILES string of the molecule is CC(C)(N)c1cccc(-c2ccc(-c3cc(NCCC(=O)O)c4ccccc4n3)cc2)c1. The third-order valence-electron chi connectivity index (χ3n) is 5.49. The summed E-state index contributed by atoms with van der Waals surface area (Å²) in [7, 11) is 0. The third kappa shape index (κ3) is 4.79. The molecular weight excluding hydrogens is 398 g/mol. The molecule has 3 aromatic carbocycles. The molecule has 5 heteroatoms. The molecule has 5 nitrogen and oxygen atoms in total. The molecule has 0 spiro atoms. The molecular formula is C27H27N3O2. The average Bonchev–Trinajstić information content (AvgIpc) is 2.78. The molecule has 0 saturated carbocycles. The number of para-hydroxylation sites is 1. The number of aromatic nitrogens is 1. The molecule has 4 aromatic rings. The maximum atomic E-state index is 10.9. The number of rotatable bonds is 7. The molecule has 0 amide bonds. The summed E-state index contributed by atoms with van der Waals surface area (Å²) in [5, 5.41) is 13.2. The van der Waals surface area contributed by atoms with Crippen molar-refractivity contribution in [2.24, 2.45) is 5.73 Å². The molecule has 0 aliphatic rings. The van der Waals surface area contributed by atoms with E-state index in [1.54, 1.807) is 0 Å². The summed E-state index contributed by atoms with van der Waals surface area (Å²) in [6.07, 6.45) is 0.0549. The van der Waals surface area contributed by atoms with Gasteiger partial charge in [-0.2, -0.15) is 0 Å². The monoisotopic (exact) mass is 425 g/mol. The van der Waals surface area contributed by atoms with Crippen LogP contribution in [0.1, 0.15) is 25.8 Å². The molecule has 0 saturated heterocycles. The predicted octanol–water partition coefficient (Wildman–Crippen LogP) is 5.65. The number of carbonyl (C=O) groups is 1. The third-order valence-corrected chi connectivity index (χ3v) is 5.49. The van der Waals surface area contributed by atoms with Crippen molar-refractivity contribution >= 4 is 22.6 Å². The van der Waals surface area contributed by atoms with Crippen LogP contribution in [-0.4, -0.2) is 22.6 Å². The number of nitrogens with zero attached hydrogens (tertiary/aromatic N) is 1. The second-order valence-electron chi connectivity index (χ2n) is 8.52. The van der Waals surface area contributed by atoms with Gasteiger partial charge in [-0.15, -0.1) is 0 Å². The van der Waals surface area contributed by atoms with Crippen LogP contribution >= 0.6 is 0 Å². The van der Waals surface area contributed by atoms with E-state index in [-0.39, 0.29) is 6.42 Å². The van der Waals surface area contributed by atoms with Gasteiger partial charge in [-0.3, -0.25) is 4.79 Å². The van der Waals surface area contributed by atoms with Crippen LogP contribution in [0.25, 0.3) is 33.3 Å². The summed E-state index contributed by atoms with van der Waals surface area (Å²) >= 11 is 0. The number of fused-ring (bicyclic) bond motifs is 1. The number of hydrogen-bond donors (Lipinski definition) is 3. The molecule has 0 aliphatic carbocycles. The number of nitrogens with two attached hydrogens (primary N) is 1. The first-order valence-electron chi connectivity index (χ1n) is 10.7. The molecule has 0 fully saturated rings. The van der Waals surface area contributed by atoms with Gasteiger partial charge in [0.05, 0.1) is 17.6 Å². The van der Waals surface area contributed by atoms with Crippen LogP contribution in [0.3, 0.4) is 0 Å². The maximum absolute atomic E-state index is 10.9. The molecule has 1 heterocycles. The molecule has 0 bridgehead atoms. The largest absolute Gasteiger partial charge is 0.481 e. The topological polar surface area (TPSA) is 88.2 Å². The van der Waals surface area contributed by atoms with Crippen molar-refractivity contribution in [2.75, 3.05) is 11.9 Å². The first-order valence-corrected chi connectivity index (χ1v) is 10.7. The zero-order valence-electron chi connectivity index (χ0n) is 18.3. The number of carboxylic acid groups (broad SMARTS) is 1. The Morgan fingerprint density at radius 1 is 0.938 bits per heavy atom. The normalized spacial score (nSPS) is 11.5. The number of pyridine rings is 1. The van der Waals surface area contributed by atoms with Crippen molar-refractivity contribution in [3.05, 3.63) is 84.4 Å². The molecule has 0 unspecified atom stereocenters. The Kier molecular flexibility index (Phi) is 5.93. The van der Waals surface area contributed by atoms with Gasteiger partial charge in [-0.25, -0.2) is 4.98 Å². The standard InChI is InChI=1S/C27H27N3O2/c1-27(2,28)21-7-5-6-20(16-21)18-10-12-19(13-11-18)24-17-25(29-15-14-26(31)32)22-8-3-4-9-23(22)30-24/h3-13,16-17H,14-15,28H2,1-2H3,(H,29,30)(H,31,32). The second-order valence-corrected chi connectivity index (χ2v) is 8.52. The minimum absolute atomic E-state index is 0.0549. The Balaban J connectivity index is 1.67. The van der Waals surface area contributed by atoms with Gasteiger partial charge in [0, 0.05) is 28.7 Å². The van der Waals surface area contributed by atoms with Crippen LogP contribution in [0.5, 0.6) is 0 Å². The van der Waals surface area contributed by atoms with Crippen LogP contribution in [0.2, 0.25) is 0 Å². The highest BCUT2D eigenvalue weighted by atomic mass is 16.4. The van der Waals surface area contributed by atoms with Crippen molar-refractivity contribution in [1.82, 2.24) is 4.98 Å². The lowest BCUT2D eigenvalue weighted by Gasteiger charge is -2.20. The zero-order valence-corrected chi connectivity index (χ0v) is 18.3. The van der Waals surface area contributed by atoms with E-state index < -0.39 is 11.5 Å². The first kappa shape index (κ1) is 21.5. The second kappa shape index (κ2) is 8.81. The lowest BCUT2D eigenvalue weighted by atomic mass is 9.92. The number of nitrogens with one attached hydrogen (secondary N) is 1. The van der Waals surface area contributed by atoms with E-state index in [4.69, 9.17) is 15.8 Å².